The Morgan fingerprint density at radius 1 is 1.32 bits per heavy atom. The average molecular weight is 321 g/mol. The van der Waals surface area contributed by atoms with Crippen molar-refractivity contribution in [2.45, 2.75) is 50.6 Å². The Morgan fingerprint density at radius 3 is 2.64 bits per heavy atom. The molecule has 0 amide bonds. The Kier molecular flexibility index (Phi) is 3.64. The Balaban J connectivity index is 1.87. The molecule has 0 aromatic carbocycles. The first-order valence-corrected chi connectivity index (χ1v) is 8.75. The topological polar surface area (TPSA) is 89.8 Å². The molecule has 1 saturated carbocycles. The third-order valence-corrected chi connectivity index (χ3v) is 4.78. The molecule has 8 heteroatoms. The Hall–Kier alpha value is -1.96. The molecule has 0 saturated heterocycles. The minimum Gasteiger partial charge on any atom is -0.334 e. The average Bonchev–Trinajstić information content (AvgIpc) is 3.13. The van der Waals surface area contributed by atoms with Crippen molar-refractivity contribution >= 4 is 15.8 Å². The molecule has 2 heterocycles. The largest absolute Gasteiger partial charge is 0.334 e. The number of aromatic nitrogens is 4. The molecule has 1 aliphatic rings. The van der Waals surface area contributed by atoms with Gasteiger partial charge in [0.25, 0.3) is 10.0 Å². The molecule has 0 unspecified atom stereocenters. The molecule has 0 aliphatic heterocycles. The number of aryl methyl sites for hydroxylation is 1. The van der Waals surface area contributed by atoms with Crippen LogP contribution >= 0.6 is 0 Å². The second-order valence-electron chi connectivity index (χ2n) is 5.86. The second kappa shape index (κ2) is 5.35. The van der Waals surface area contributed by atoms with Crippen molar-refractivity contribution in [3.63, 3.8) is 0 Å². The molecule has 1 N–H and O–H groups in total. The van der Waals surface area contributed by atoms with Crippen LogP contribution < -0.4 is 4.72 Å². The van der Waals surface area contributed by atoms with Crippen molar-refractivity contribution in [3.8, 4) is 0 Å². The summed E-state index contributed by atoms with van der Waals surface area (Å²) in [6.45, 7) is 5.68. The van der Waals surface area contributed by atoms with E-state index >= 15 is 0 Å². The van der Waals surface area contributed by atoms with Gasteiger partial charge in [0.2, 0.25) is 0 Å². The molecule has 118 valence electrons. The monoisotopic (exact) mass is 321 g/mol. The van der Waals surface area contributed by atoms with Crippen LogP contribution in [-0.2, 0) is 10.0 Å². The predicted octanol–water partition coefficient (Wildman–Crippen LogP) is 2.24. The fraction of sp³-hybridized carbons (Fsp3) is 0.500. The van der Waals surface area contributed by atoms with Gasteiger partial charge in [0.15, 0.2) is 5.03 Å². The highest BCUT2D eigenvalue weighted by molar-refractivity contribution is 7.92. The quantitative estimate of drug-likeness (QED) is 0.912. The number of hydrogen-bond acceptors (Lipinski definition) is 5. The number of imidazole rings is 1. The van der Waals surface area contributed by atoms with E-state index in [4.69, 9.17) is 0 Å². The minimum absolute atomic E-state index is 0.00885. The van der Waals surface area contributed by atoms with Crippen molar-refractivity contribution in [1.29, 1.82) is 0 Å². The molecular formula is C14H19N5O2S. The number of anilines is 1. The van der Waals surface area contributed by atoms with Gasteiger partial charge in [-0.1, -0.05) is 0 Å². The highest BCUT2D eigenvalue weighted by atomic mass is 32.2. The lowest BCUT2D eigenvalue weighted by atomic mass is 10.3. The lowest BCUT2D eigenvalue weighted by Crippen LogP contribution is -2.15. The van der Waals surface area contributed by atoms with Gasteiger partial charge in [0.05, 0.1) is 6.33 Å². The van der Waals surface area contributed by atoms with E-state index in [9.17, 15) is 8.42 Å². The standard InChI is InChI=1S/C14H19N5O2S/c1-9(2)19-7-14(15-8-19)22(20,21)18-13-6-12(11-4-5-11)16-10(3)17-13/h6-9,11H,4-5H2,1-3H3,(H,16,17,18). The maximum absolute atomic E-state index is 12.4. The third kappa shape index (κ3) is 3.11. The van der Waals surface area contributed by atoms with E-state index in [1.54, 1.807) is 17.6 Å². The van der Waals surface area contributed by atoms with Gasteiger partial charge in [-0.25, -0.2) is 15.0 Å². The summed E-state index contributed by atoms with van der Waals surface area (Å²) in [6, 6.07) is 1.86. The maximum atomic E-state index is 12.4. The predicted molar refractivity (Wildman–Crippen MR) is 82.2 cm³/mol. The van der Waals surface area contributed by atoms with Crippen LogP contribution in [0.4, 0.5) is 5.82 Å². The third-order valence-electron chi connectivity index (χ3n) is 3.54. The summed E-state index contributed by atoms with van der Waals surface area (Å²) in [7, 11) is -3.74. The summed E-state index contributed by atoms with van der Waals surface area (Å²) >= 11 is 0. The van der Waals surface area contributed by atoms with E-state index in [0.717, 1.165) is 18.5 Å². The van der Waals surface area contributed by atoms with Gasteiger partial charge >= 0.3 is 0 Å². The first kappa shape index (κ1) is 15.0. The van der Waals surface area contributed by atoms with Crippen molar-refractivity contribution in [3.05, 3.63) is 30.1 Å². The molecule has 1 fully saturated rings. The highest BCUT2D eigenvalue weighted by Gasteiger charge is 2.27. The summed E-state index contributed by atoms with van der Waals surface area (Å²) in [4.78, 5) is 12.5. The van der Waals surface area contributed by atoms with Gasteiger partial charge in [-0.2, -0.15) is 8.42 Å². The zero-order chi connectivity index (χ0) is 15.9. The molecular weight excluding hydrogens is 302 g/mol. The summed E-state index contributed by atoms with van der Waals surface area (Å²) in [5.41, 5.74) is 0.901. The van der Waals surface area contributed by atoms with Crippen LogP contribution in [-0.4, -0.2) is 27.9 Å². The second-order valence-corrected chi connectivity index (χ2v) is 7.49. The molecule has 1 aliphatic carbocycles. The molecule has 0 atom stereocenters. The lowest BCUT2D eigenvalue weighted by molar-refractivity contribution is 0.591. The molecule has 3 rings (SSSR count). The van der Waals surface area contributed by atoms with Gasteiger partial charge in [-0.3, -0.25) is 4.72 Å². The van der Waals surface area contributed by atoms with E-state index in [2.05, 4.69) is 19.7 Å². The Morgan fingerprint density at radius 2 is 2.05 bits per heavy atom. The van der Waals surface area contributed by atoms with Crippen LogP contribution in [0.1, 0.15) is 50.2 Å². The van der Waals surface area contributed by atoms with Gasteiger partial charge in [0, 0.05) is 29.9 Å². The fourth-order valence-corrected chi connectivity index (χ4v) is 3.09. The fourth-order valence-electron chi connectivity index (χ4n) is 2.16. The zero-order valence-electron chi connectivity index (χ0n) is 12.8. The summed E-state index contributed by atoms with van der Waals surface area (Å²) in [5, 5.41) is -0.00885. The summed E-state index contributed by atoms with van der Waals surface area (Å²) in [5.74, 6) is 1.30. The summed E-state index contributed by atoms with van der Waals surface area (Å²) < 4.78 is 29.0. The molecule has 2 aromatic heterocycles. The molecule has 0 radical (unpaired) electrons. The van der Waals surface area contributed by atoms with Crippen LogP contribution in [0.15, 0.2) is 23.6 Å². The number of hydrogen-bond donors (Lipinski definition) is 1. The Labute approximate surface area is 129 Å². The zero-order valence-corrected chi connectivity index (χ0v) is 13.6. The highest BCUT2D eigenvalue weighted by Crippen LogP contribution is 2.39. The van der Waals surface area contributed by atoms with Crippen LogP contribution in [0.2, 0.25) is 0 Å². The number of sulfonamides is 1. The molecule has 0 bridgehead atoms. The normalized spacial score (nSPS) is 15.3. The number of nitrogens with one attached hydrogen (secondary N) is 1. The number of nitrogens with zero attached hydrogens (tertiary/aromatic N) is 4. The van der Waals surface area contributed by atoms with E-state index in [0.29, 0.717) is 17.6 Å². The Bertz CT molecular complexity index is 793. The van der Waals surface area contributed by atoms with Crippen molar-refractivity contribution in [1.82, 2.24) is 19.5 Å². The van der Waals surface area contributed by atoms with Crippen LogP contribution in [0.5, 0.6) is 0 Å². The number of rotatable bonds is 5. The van der Waals surface area contributed by atoms with E-state index in [1.165, 1.54) is 12.5 Å². The SMILES string of the molecule is Cc1nc(NS(=O)(=O)c2cn(C(C)C)cn2)cc(C2CC2)n1. The van der Waals surface area contributed by atoms with E-state index in [-0.39, 0.29) is 11.1 Å². The van der Waals surface area contributed by atoms with Gasteiger partial charge in [-0.05, 0) is 33.6 Å². The summed E-state index contributed by atoms with van der Waals surface area (Å²) in [6.07, 6.45) is 5.23. The smallest absolute Gasteiger partial charge is 0.282 e. The molecule has 7 nitrogen and oxygen atoms in total. The van der Waals surface area contributed by atoms with Gasteiger partial charge in [-0.15, -0.1) is 0 Å². The minimum atomic E-state index is -3.74. The van der Waals surface area contributed by atoms with Crippen molar-refractivity contribution < 1.29 is 8.42 Å². The van der Waals surface area contributed by atoms with Crippen LogP contribution in [0, 0.1) is 6.92 Å². The molecule has 22 heavy (non-hydrogen) atoms. The van der Waals surface area contributed by atoms with Crippen LogP contribution in [0.25, 0.3) is 0 Å². The van der Waals surface area contributed by atoms with Gasteiger partial charge in [0.1, 0.15) is 11.6 Å². The molecule has 0 spiro atoms. The first-order valence-electron chi connectivity index (χ1n) is 7.27. The first-order chi connectivity index (χ1) is 10.3. The van der Waals surface area contributed by atoms with Crippen molar-refractivity contribution in [2.24, 2.45) is 0 Å². The maximum Gasteiger partial charge on any atom is 0.282 e. The van der Waals surface area contributed by atoms with E-state index in [1.807, 2.05) is 13.8 Å². The molecule has 2 aromatic rings. The van der Waals surface area contributed by atoms with E-state index < -0.39 is 10.0 Å². The van der Waals surface area contributed by atoms with Crippen LogP contribution in [0.3, 0.4) is 0 Å². The lowest BCUT2D eigenvalue weighted by Gasteiger charge is -2.08. The van der Waals surface area contributed by atoms with Crippen molar-refractivity contribution in [2.75, 3.05) is 4.72 Å². The van der Waals surface area contributed by atoms with Gasteiger partial charge < -0.3 is 4.57 Å².